The number of nitrogens with zero attached hydrogens (tertiary/aromatic N) is 4. The molecule has 1 aromatic carbocycles. The van der Waals surface area contributed by atoms with Crippen molar-refractivity contribution in [1.29, 1.82) is 0 Å². The van der Waals surface area contributed by atoms with Gasteiger partial charge in [0.05, 0.1) is 17.2 Å². The summed E-state index contributed by atoms with van der Waals surface area (Å²) in [5.41, 5.74) is 5.22. The molecule has 6 heteroatoms. The quantitative estimate of drug-likeness (QED) is 0.700. The Morgan fingerprint density at radius 2 is 1.86 bits per heavy atom. The first-order valence-electron chi connectivity index (χ1n) is 10.4. The molecule has 1 saturated heterocycles. The van der Waals surface area contributed by atoms with Crippen molar-refractivity contribution in [3.63, 3.8) is 0 Å². The maximum atomic E-state index is 12.4. The number of nitrogens with one attached hydrogen (secondary N) is 1. The van der Waals surface area contributed by atoms with Crippen LogP contribution in [0, 0.1) is 13.8 Å². The predicted octanol–water partition coefficient (Wildman–Crippen LogP) is 2.66. The molecule has 1 aliphatic rings. The molecule has 0 spiro atoms. The Morgan fingerprint density at radius 3 is 2.62 bits per heavy atom. The number of piperidine rings is 1. The van der Waals surface area contributed by atoms with Gasteiger partial charge in [0.2, 0.25) is 0 Å². The first-order valence-corrected chi connectivity index (χ1v) is 10.4. The molecule has 0 saturated carbocycles. The van der Waals surface area contributed by atoms with Crippen LogP contribution in [0.5, 0.6) is 0 Å². The molecule has 2 aromatic heterocycles. The molecule has 3 aromatic rings. The largest absolute Gasteiger partial charge is 0.310 e. The van der Waals surface area contributed by atoms with Crippen molar-refractivity contribution in [3.8, 4) is 0 Å². The van der Waals surface area contributed by atoms with Crippen molar-refractivity contribution in [1.82, 2.24) is 24.8 Å². The number of hydrogen-bond donors (Lipinski definition) is 1. The van der Waals surface area contributed by atoms with Crippen LogP contribution in [0.25, 0.3) is 11.0 Å². The van der Waals surface area contributed by atoms with E-state index in [1.807, 2.05) is 36.7 Å². The van der Waals surface area contributed by atoms with Gasteiger partial charge in [0.25, 0.3) is 5.56 Å². The summed E-state index contributed by atoms with van der Waals surface area (Å²) in [5, 5.41) is 3.66. The molecule has 1 aliphatic heterocycles. The standard InChI is InChI=1S/C23H29N5O/c1-17-3-6-21-22(13-17)28(23(29)16-26-21)12-11-27-9-7-20(8-10-27)25-15-19-5-4-18(2)24-14-19/h3-6,13-14,16,20,25H,7-12,15H2,1-2H3. The van der Waals surface area contributed by atoms with Gasteiger partial charge in [-0.1, -0.05) is 12.1 Å². The third-order valence-corrected chi connectivity index (χ3v) is 5.80. The average Bonchev–Trinajstić information content (AvgIpc) is 2.73. The maximum Gasteiger partial charge on any atom is 0.269 e. The molecule has 0 unspecified atom stereocenters. The van der Waals surface area contributed by atoms with Crippen LogP contribution in [-0.2, 0) is 13.1 Å². The van der Waals surface area contributed by atoms with Crippen LogP contribution in [0.3, 0.4) is 0 Å². The van der Waals surface area contributed by atoms with E-state index in [0.717, 1.165) is 61.3 Å². The van der Waals surface area contributed by atoms with E-state index >= 15 is 0 Å². The lowest BCUT2D eigenvalue weighted by Crippen LogP contribution is -2.43. The minimum absolute atomic E-state index is 0.0219. The molecular weight excluding hydrogens is 362 g/mol. The lowest BCUT2D eigenvalue weighted by atomic mass is 10.0. The van der Waals surface area contributed by atoms with Gasteiger partial charge < -0.3 is 14.8 Å². The molecule has 0 radical (unpaired) electrons. The number of hydrogen-bond acceptors (Lipinski definition) is 5. The highest BCUT2D eigenvalue weighted by Crippen LogP contribution is 2.14. The Kier molecular flexibility index (Phi) is 6.02. The minimum Gasteiger partial charge on any atom is -0.310 e. The summed E-state index contributed by atoms with van der Waals surface area (Å²) in [4.78, 5) is 23.5. The fourth-order valence-corrected chi connectivity index (χ4v) is 3.97. The third kappa shape index (κ3) is 4.89. The second-order valence-electron chi connectivity index (χ2n) is 8.04. The van der Waals surface area contributed by atoms with E-state index in [9.17, 15) is 4.79 Å². The van der Waals surface area contributed by atoms with E-state index in [1.165, 1.54) is 11.8 Å². The molecule has 1 N–H and O–H groups in total. The molecule has 152 valence electrons. The molecule has 4 rings (SSSR count). The number of aromatic nitrogens is 3. The van der Waals surface area contributed by atoms with E-state index in [1.54, 1.807) is 0 Å². The monoisotopic (exact) mass is 391 g/mol. The third-order valence-electron chi connectivity index (χ3n) is 5.80. The van der Waals surface area contributed by atoms with Crippen molar-refractivity contribution in [2.24, 2.45) is 0 Å². The normalized spacial score (nSPS) is 15.8. The first-order chi connectivity index (χ1) is 14.1. The molecule has 0 amide bonds. The molecule has 0 bridgehead atoms. The van der Waals surface area contributed by atoms with Crippen LogP contribution in [0.15, 0.2) is 47.5 Å². The van der Waals surface area contributed by atoms with Crippen LogP contribution in [-0.4, -0.2) is 45.1 Å². The SMILES string of the molecule is Cc1ccc2ncc(=O)n(CCN3CCC(NCc4ccc(C)nc4)CC3)c2c1. The van der Waals surface area contributed by atoms with Crippen LogP contribution in [0.4, 0.5) is 0 Å². The van der Waals surface area contributed by atoms with E-state index in [-0.39, 0.29) is 5.56 Å². The summed E-state index contributed by atoms with van der Waals surface area (Å²) in [6.07, 6.45) is 5.65. The van der Waals surface area contributed by atoms with Crippen molar-refractivity contribution in [3.05, 3.63) is 69.9 Å². The van der Waals surface area contributed by atoms with Crippen LogP contribution < -0.4 is 10.9 Å². The number of fused-ring (bicyclic) bond motifs is 1. The summed E-state index contributed by atoms with van der Waals surface area (Å²) in [5.74, 6) is 0. The summed E-state index contributed by atoms with van der Waals surface area (Å²) >= 11 is 0. The van der Waals surface area contributed by atoms with E-state index in [0.29, 0.717) is 12.6 Å². The van der Waals surface area contributed by atoms with Crippen molar-refractivity contribution < 1.29 is 0 Å². The highest BCUT2D eigenvalue weighted by atomic mass is 16.1. The zero-order valence-electron chi connectivity index (χ0n) is 17.3. The van der Waals surface area contributed by atoms with Gasteiger partial charge in [0, 0.05) is 37.6 Å². The molecule has 3 heterocycles. The Labute approximate surface area is 171 Å². The summed E-state index contributed by atoms with van der Waals surface area (Å²) < 4.78 is 1.87. The van der Waals surface area contributed by atoms with Crippen LogP contribution in [0.1, 0.15) is 29.7 Å². The topological polar surface area (TPSA) is 63.1 Å². The zero-order valence-corrected chi connectivity index (χ0v) is 17.3. The van der Waals surface area contributed by atoms with Crippen molar-refractivity contribution in [2.75, 3.05) is 19.6 Å². The summed E-state index contributed by atoms with van der Waals surface area (Å²) in [6, 6.07) is 10.8. The van der Waals surface area contributed by atoms with Crippen LogP contribution in [0.2, 0.25) is 0 Å². The molecule has 6 nitrogen and oxygen atoms in total. The molecule has 1 fully saturated rings. The Bertz CT molecular complexity index is 1020. The fourth-order valence-electron chi connectivity index (χ4n) is 3.97. The minimum atomic E-state index is -0.0219. The van der Waals surface area contributed by atoms with Gasteiger partial charge in [-0.05, 0) is 69.1 Å². The number of aryl methyl sites for hydroxylation is 2. The van der Waals surface area contributed by atoms with E-state index in [4.69, 9.17) is 0 Å². The molecule has 0 aliphatic carbocycles. The van der Waals surface area contributed by atoms with Gasteiger partial charge in [0.15, 0.2) is 0 Å². The molecular formula is C23H29N5O. The Morgan fingerprint density at radius 1 is 1.03 bits per heavy atom. The second kappa shape index (κ2) is 8.84. The fraction of sp³-hybridized carbons (Fsp3) is 0.435. The van der Waals surface area contributed by atoms with Gasteiger partial charge in [-0.3, -0.25) is 9.78 Å². The van der Waals surface area contributed by atoms with Crippen LogP contribution >= 0.6 is 0 Å². The smallest absolute Gasteiger partial charge is 0.269 e. The maximum absolute atomic E-state index is 12.4. The van der Waals surface area contributed by atoms with Gasteiger partial charge in [0.1, 0.15) is 0 Å². The predicted molar refractivity (Wildman–Crippen MR) is 116 cm³/mol. The van der Waals surface area contributed by atoms with Gasteiger partial charge in [-0.15, -0.1) is 0 Å². The number of benzene rings is 1. The van der Waals surface area contributed by atoms with Crippen molar-refractivity contribution >= 4 is 11.0 Å². The van der Waals surface area contributed by atoms with E-state index in [2.05, 4.69) is 38.4 Å². The summed E-state index contributed by atoms with van der Waals surface area (Å²) in [6.45, 7) is 8.63. The number of likely N-dealkylation sites (tertiary alicyclic amines) is 1. The first kappa shape index (κ1) is 19.7. The highest BCUT2D eigenvalue weighted by molar-refractivity contribution is 5.75. The van der Waals surface area contributed by atoms with Gasteiger partial charge >= 0.3 is 0 Å². The number of pyridine rings is 1. The lowest BCUT2D eigenvalue weighted by Gasteiger charge is -2.32. The zero-order chi connectivity index (χ0) is 20.2. The Hall–Kier alpha value is -2.57. The van der Waals surface area contributed by atoms with Gasteiger partial charge in [-0.2, -0.15) is 0 Å². The average molecular weight is 392 g/mol. The highest BCUT2D eigenvalue weighted by Gasteiger charge is 2.19. The Balaban J connectivity index is 1.30. The second-order valence-corrected chi connectivity index (χ2v) is 8.04. The van der Waals surface area contributed by atoms with Gasteiger partial charge in [-0.25, -0.2) is 4.98 Å². The molecule has 0 atom stereocenters. The molecule has 29 heavy (non-hydrogen) atoms. The van der Waals surface area contributed by atoms with E-state index < -0.39 is 0 Å². The van der Waals surface area contributed by atoms with Crippen molar-refractivity contribution in [2.45, 2.75) is 45.8 Å². The lowest BCUT2D eigenvalue weighted by molar-refractivity contribution is 0.191. The summed E-state index contributed by atoms with van der Waals surface area (Å²) in [7, 11) is 0. The number of rotatable bonds is 6.